The highest BCUT2D eigenvalue weighted by Gasteiger charge is 2.23. The van der Waals surface area contributed by atoms with Gasteiger partial charge in [-0.2, -0.15) is 0 Å². The number of pyridine rings is 1. The van der Waals surface area contributed by atoms with Gasteiger partial charge in [0.2, 0.25) is 0 Å². The van der Waals surface area contributed by atoms with Crippen LogP contribution in [-0.2, 0) is 16.0 Å². The van der Waals surface area contributed by atoms with E-state index in [0.717, 1.165) is 10.2 Å². The quantitative estimate of drug-likeness (QED) is 0.784. The van der Waals surface area contributed by atoms with Crippen molar-refractivity contribution in [3.8, 4) is 0 Å². The molecule has 0 unspecified atom stereocenters. The second-order valence-electron chi connectivity index (χ2n) is 4.19. The van der Waals surface area contributed by atoms with Crippen LogP contribution in [0, 0.1) is 0 Å². The van der Waals surface area contributed by atoms with Crippen LogP contribution in [-0.4, -0.2) is 40.0 Å². The molecule has 0 aliphatic rings. The minimum Gasteiger partial charge on any atom is -0.467 e. The zero-order chi connectivity index (χ0) is 15.2. The van der Waals surface area contributed by atoms with Gasteiger partial charge in [0.1, 0.15) is 11.7 Å². The van der Waals surface area contributed by atoms with E-state index >= 15 is 0 Å². The van der Waals surface area contributed by atoms with Crippen LogP contribution >= 0.6 is 15.9 Å². The molecule has 21 heavy (non-hydrogen) atoms. The predicted octanol–water partition coefficient (Wildman–Crippen LogP) is 1.08. The number of amides is 1. The summed E-state index contributed by atoms with van der Waals surface area (Å²) in [7, 11) is 1.27. The number of nitrogens with zero attached hydrogens (tertiary/aromatic N) is 2. The van der Waals surface area contributed by atoms with Crippen molar-refractivity contribution in [1.29, 1.82) is 0 Å². The summed E-state index contributed by atoms with van der Waals surface area (Å²) >= 11 is 3.24. The van der Waals surface area contributed by atoms with Crippen molar-refractivity contribution < 1.29 is 14.3 Å². The minimum atomic E-state index is -0.812. The molecule has 0 aliphatic heterocycles. The van der Waals surface area contributed by atoms with Gasteiger partial charge in [0, 0.05) is 29.0 Å². The molecule has 0 spiro atoms. The Morgan fingerprint density at radius 3 is 2.81 bits per heavy atom. The Kier molecular flexibility index (Phi) is 5.04. The Bertz CT molecular complexity index is 613. The Balaban J connectivity index is 2.09. The summed E-state index contributed by atoms with van der Waals surface area (Å²) in [6, 6.07) is 2.45. The summed E-state index contributed by atoms with van der Waals surface area (Å²) in [5.74, 6) is -0.979. The number of esters is 1. The number of carbonyl (C=O) groups is 2. The van der Waals surface area contributed by atoms with Crippen molar-refractivity contribution in [1.82, 2.24) is 20.3 Å². The van der Waals surface area contributed by atoms with E-state index in [-0.39, 0.29) is 12.1 Å². The van der Waals surface area contributed by atoms with Crippen LogP contribution in [0.15, 0.2) is 35.3 Å². The number of imidazole rings is 1. The normalized spacial score (nSPS) is 11.7. The smallest absolute Gasteiger partial charge is 0.328 e. The molecule has 7 nitrogen and oxygen atoms in total. The summed E-state index contributed by atoms with van der Waals surface area (Å²) in [4.78, 5) is 34.6. The number of rotatable bonds is 5. The highest BCUT2D eigenvalue weighted by molar-refractivity contribution is 9.10. The van der Waals surface area contributed by atoms with Crippen molar-refractivity contribution in [2.45, 2.75) is 12.5 Å². The fraction of sp³-hybridized carbons (Fsp3) is 0.231. The second-order valence-corrected chi connectivity index (χ2v) is 5.11. The third kappa shape index (κ3) is 4.12. The topological polar surface area (TPSA) is 97.0 Å². The average molecular weight is 353 g/mol. The number of carbonyl (C=O) groups excluding carboxylic acids is 2. The molecule has 0 aliphatic carbocycles. The first kappa shape index (κ1) is 15.2. The molecule has 1 amide bonds. The fourth-order valence-electron chi connectivity index (χ4n) is 1.69. The number of hydrogen-bond donors (Lipinski definition) is 2. The van der Waals surface area contributed by atoms with Crippen LogP contribution in [0.25, 0.3) is 0 Å². The van der Waals surface area contributed by atoms with Gasteiger partial charge in [-0.3, -0.25) is 4.79 Å². The van der Waals surface area contributed by atoms with Crippen molar-refractivity contribution in [3.05, 3.63) is 46.7 Å². The van der Waals surface area contributed by atoms with Crippen LogP contribution in [0.4, 0.5) is 0 Å². The van der Waals surface area contributed by atoms with Gasteiger partial charge in [0.25, 0.3) is 5.91 Å². The molecule has 1 atom stereocenters. The first-order valence-corrected chi connectivity index (χ1v) is 6.87. The second kappa shape index (κ2) is 6.98. The molecule has 110 valence electrons. The summed E-state index contributed by atoms with van der Waals surface area (Å²) in [5.41, 5.74) is 0.936. The van der Waals surface area contributed by atoms with Crippen molar-refractivity contribution >= 4 is 27.8 Å². The summed E-state index contributed by atoms with van der Waals surface area (Å²) in [6.45, 7) is 0. The lowest BCUT2D eigenvalue weighted by Crippen LogP contribution is -2.43. The molecule has 0 fully saturated rings. The Hall–Kier alpha value is -2.22. The predicted molar refractivity (Wildman–Crippen MR) is 77.5 cm³/mol. The molecule has 0 radical (unpaired) electrons. The van der Waals surface area contributed by atoms with E-state index in [1.807, 2.05) is 0 Å². The lowest BCUT2D eigenvalue weighted by Gasteiger charge is -2.15. The Labute approximate surface area is 129 Å². The molecular weight excluding hydrogens is 340 g/mol. The third-order valence-electron chi connectivity index (χ3n) is 2.73. The SMILES string of the molecule is COC(=O)[C@H](Cc1cnc[nH]1)NC(=O)c1ccc(Br)cn1. The van der Waals surface area contributed by atoms with Gasteiger partial charge in [-0.1, -0.05) is 0 Å². The van der Waals surface area contributed by atoms with Gasteiger partial charge in [-0.05, 0) is 28.1 Å². The molecule has 0 saturated carbocycles. The maximum absolute atomic E-state index is 12.1. The lowest BCUT2D eigenvalue weighted by atomic mass is 10.1. The highest BCUT2D eigenvalue weighted by atomic mass is 79.9. The van der Waals surface area contributed by atoms with Crippen LogP contribution in [0.2, 0.25) is 0 Å². The zero-order valence-electron chi connectivity index (χ0n) is 11.2. The number of methoxy groups -OCH3 is 1. The third-order valence-corrected chi connectivity index (χ3v) is 3.20. The number of ether oxygens (including phenoxy) is 1. The van der Waals surface area contributed by atoms with Crippen LogP contribution in [0.1, 0.15) is 16.2 Å². The van der Waals surface area contributed by atoms with E-state index in [1.54, 1.807) is 18.3 Å². The van der Waals surface area contributed by atoms with Gasteiger partial charge in [-0.15, -0.1) is 0 Å². The van der Waals surface area contributed by atoms with Crippen molar-refractivity contribution in [3.63, 3.8) is 0 Å². The molecule has 0 bridgehead atoms. The highest BCUT2D eigenvalue weighted by Crippen LogP contribution is 2.08. The zero-order valence-corrected chi connectivity index (χ0v) is 12.8. The van der Waals surface area contributed by atoms with Crippen LogP contribution in [0.3, 0.4) is 0 Å². The van der Waals surface area contributed by atoms with Gasteiger partial charge < -0.3 is 15.0 Å². The minimum absolute atomic E-state index is 0.219. The maximum Gasteiger partial charge on any atom is 0.328 e. The lowest BCUT2D eigenvalue weighted by molar-refractivity contribution is -0.142. The number of hydrogen-bond acceptors (Lipinski definition) is 5. The van der Waals surface area contributed by atoms with Crippen LogP contribution < -0.4 is 5.32 Å². The molecule has 2 aromatic rings. The number of halogens is 1. The van der Waals surface area contributed by atoms with Gasteiger partial charge >= 0.3 is 5.97 Å². The first-order chi connectivity index (χ1) is 10.1. The monoisotopic (exact) mass is 352 g/mol. The molecule has 2 aromatic heterocycles. The largest absolute Gasteiger partial charge is 0.467 e. The molecule has 2 heterocycles. The summed E-state index contributed by atoms with van der Waals surface area (Å²) in [5, 5.41) is 2.60. The fourth-order valence-corrected chi connectivity index (χ4v) is 1.93. The van der Waals surface area contributed by atoms with E-state index in [1.165, 1.54) is 19.6 Å². The van der Waals surface area contributed by atoms with Crippen molar-refractivity contribution in [2.75, 3.05) is 7.11 Å². The summed E-state index contributed by atoms with van der Waals surface area (Å²) in [6.07, 6.45) is 4.85. The molecular formula is C13H13BrN4O3. The molecule has 2 rings (SSSR count). The van der Waals surface area contributed by atoms with E-state index < -0.39 is 17.9 Å². The Morgan fingerprint density at radius 2 is 2.24 bits per heavy atom. The summed E-state index contributed by atoms with van der Waals surface area (Å²) < 4.78 is 5.47. The molecule has 0 aromatic carbocycles. The number of nitrogens with one attached hydrogen (secondary N) is 2. The van der Waals surface area contributed by atoms with E-state index in [2.05, 4.69) is 36.2 Å². The standard InChI is InChI=1S/C13H13BrN4O3/c1-21-13(20)11(4-9-6-15-7-17-9)18-12(19)10-3-2-8(14)5-16-10/h2-3,5-7,11H,4H2,1H3,(H,15,17)(H,18,19)/t11-/m0/s1. The average Bonchev–Trinajstić information content (AvgIpc) is 2.99. The van der Waals surface area contributed by atoms with Gasteiger partial charge in [0.15, 0.2) is 0 Å². The first-order valence-electron chi connectivity index (χ1n) is 6.07. The van der Waals surface area contributed by atoms with Gasteiger partial charge in [0.05, 0.1) is 13.4 Å². The molecule has 8 heteroatoms. The van der Waals surface area contributed by atoms with E-state index in [0.29, 0.717) is 0 Å². The number of aromatic amines is 1. The van der Waals surface area contributed by atoms with E-state index in [9.17, 15) is 9.59 Å². The number of H-pyrrole nitrogens is 1. The molecule has 2 N–H and O–H groups in total. The number of aromatic nitrogens is 3. The molecule has 0 saturated heterocycles. The van der Waals surface area contributed by atoms with Gasteiger partial charge in [-0.25, -0.2) is 14.8 Å². The Morgan fingerprint density at radius 1 is 1.43 bits per heavy atom. The van der Waals surface area contributed by atoms with Crippen LogP contribution in [0.5, 0.6) is 0 Å². The maximum atomic E-state index is 12.1. The van der Waals surface area contributed by atoms with Crippen molar-refractivity contribution in [2.24, 2.45) is 0 Å². The van der Waals surface area contributed by atoms with E-state index in [4.69, 9.17) is 4.74 Å².